The fraction of sp³-hybridized carbons (Fsp3) is 0.906. The molecule has 0 aliphatic heterocycles. The Morgan fingerprint density at radius 3 is 1.05 bits per heavy atom. The predicted molar refractivity (Wildman–Crippen MR) is 258 cm³/mol. The Morgan fingerprint density at radius 2 is 0.723 bits per heavy atom. The lowest BCUT2D eigenvalue weighted by Gasteiger charge is -2.37. The fourth-order valence-electron chi connectivity index (χ4n) is 8.11. The van der Waals surface area contributed by atoms with Crippen LogP contribution in [0.3, 0.4) is 0 Å². The molecule has 0 bridgehead atoms. The second-order valence-electron chi connectivity index (χ2n) is 18.8. The van der Waals surface area contributed by atoms with E-state index in [9.17, 15) is 29.1 Å². The molecule has 0 aromatic rings. The van der Waals surface area contributed by atoms with E-state index >= 15 is 0 Å². The molecule has 0 aromatic heterocycles. The summed E-state index contributed by atoms with van der Waals surface area (Å²) < 4.78 is 28.0. The summed E-state index contributed by atoms with van der Waals surface area (Å²) in [6, 6.07) is 0.628. The van der Waals surface area contributed by atoms with E-state index in [-0.39, 0.29) is 75.9 Å². The molecule has 1 N–H and O–H groups in total. The normalized spacial score (nSPS) is 13.1. The molecule has 1 fully saturated rings. The van der Waals surface area contributed by atoms with Crippen LogP contribution in [0.4, 0.5) is 0 Å². The molecule has 0 aromatic carbocycles. The second kappa shape index (κ2) is 43.8. The maximum Gasteiger partial charge on any atom is 0.305 e. The Balaban J connectivity index is 2.61. The Kier molecular flexibility index (Phi) is 40.6. The van der Waals surface area contributed by atoms with Crippen LogP contribution >= 0.6 is 0 Å². The highest BCUT2D eigenvalue weighted by atomic mass is 16.6. The number of aliphatic hydroxyl groups is 1. The number of hydrogen-bond donors (Lipinski definition) is 1. The van der Waals surface area contributed by atoms with Crippen molar-refractivity contribution < 1.29 is 52.8 Å². The van der Waals surface area contributed by atoms with Crippen molar-refractivity contribution in [1.29, 1.82) is 0 Å². The molecule has 0 saturated heterocycles. The third kappa shape index (κ3) is 37.0. The Labute approximate surface area is 396 Å². The highest BCUT2D eigenvalue weighted by Crippen LogP contribution is 2.25. The zero-order chi connectivity index (χ0) is 47.4. The van der Waals surface area contributed by atoms with E-state index in [2.05, 4.69) is 25.7 Å². The molecular formula is C53H97NO11. The van der Waals surface area contributed by atoms with Gasteiger partial charge in [0.25, 0.3) is 0 Å². The first-order chi connectivity index (χ1) is 31.7. The number of rotatable bonds is 47. The van der Waals surface area contributed by atoms with Gasteiger partial charge in [-0.2, -0.15) is 0 Å². The number of nitrogens with zero attached hydrogens (tertiary/aromatic N) is 1. The summed E-state index contributed by atoms with van der Waals surface area (Å²) in [5, 5.41) is 9.41. The van der Waals surface area contributed by atoms with Crippen molar-refractivity contribution >= 4 is 29.8 Å². The minimum Gasteiger partial charge on any atom is -0.465 e. The molecule has 1 unspecified atom stereocenters. The average molecular weight is 924 g/mol. The molecule has 0 heterocycles. The van der Waals surface area contributed by atoms with E-state index in [0.29, 0.717) is 44.6 Å². The van der Waals surface area contributed by atoms with Gasteiger partial charge < -0.3 is 28.8 Å². The van der Waals surface area contributed by atoms with E-state index < -0.39 is 11.9 Å². The maximum atomic E-state index is 13.0. The number of hydrogen-bond acceptors (Lipinski definition) is 12. The number of esters is 5. The lowest BCUT2D eigenvalue weighted by Crippen LogP contribution is -2.42. The number of carbonyl (C=O) groups is 5. The van der Waals surface area contributed by atoms with Crippen LogP contribution in [0.15, 0.2) is 0 Å². The third-order valence-electron chi connectivity index (χ3n) is 12.7. The Morgan fingerprint density at radius 1 is 0.415 bits per heavy atom. The Bertz CT molecular complexity index is 1150. The zero-order valence-electron chi connectivity index (χ0n) is 41.9. The smallest absolute Gasteiger partial charge is 0.305 e. The van der Waals surface area contributed by atoms with Crippen LogP contribution in [0.1, 0.15) is 239 Å². The van der Waals surface area contributed by atoms with Gasteiger partial charge in [0.15, 0.2) is 0 Å². The lowest BCUT2D eigenvalue weighted by atomic mass is 9.91. The fourth-order valence-corrected chi connectivity index (χ4v) is 8.11. The molecule has 12 nitrogen and oxygen atoms in total. The summed E-state index contributed by atoms with van der Waals surface area (Å²) in [5.41, 5.74) is 0. The van der Waals surface area contributed by atoms with Crippen LogP contribution in [0.2, 0.25) is 0 Å². The van der Waals surface area contributed by atoms with Gasteiger partial charge in [-0.05, 0) is 64.3 Å². The molecule has 0 radical (unpaired) electrons. The summed E-state index contributed by atoms with van der Waals surface area (Å²) in [5.74, 6) is -2.31. The first kappa shape index (κ1) is 60.3. The minimum absolute atomic E-state index is 0.0129. The molecule has 0 amide bonds. The molecule has 0 spiro atoms. The SMILES string of the molecule is CCCCCCCCCCCC(=O)OCC(COC(=O)CCCCCCCN(CCO)C1CCC1)COC(=O)CCCC(COC(=O)CCCCCCC)COC(=O)CCCCCCC. The van der Waals surface area contributed by atoms with Gasteiger partial charge in [0.2, 0.25) is 0 Å². The first-order valence-electron chi connectivity index (χ1n) is 26.8. The van der Waals surface area contributed by atoms with Gasteiger partial charge in [0.1, 0.15) is 19.8 Å². The Hall–Kier alpha value is -2.73. The zero-order valence-corrected chi connectivity index (χ0v) is 41.9. The topological polar surface area (TPSA) is 155 Å². The largest absolute Gasteiger partial charge is 0.465 e. The second-order valence-corrected chi connectivity index (χ2v) is 18.8. The van der Waals surface area contributed by atoms with Gasteiger partial charge in [-0.15, -0.1) is 0 Å². The molecule has 1 rings (SSSR count). The average Bonchev–Trinajstić information content (AvgIpc) is 3.27. The number of carbonyl (C=O) groups excluding carboxylic acids is 5. The molecular weight excluding hydrogens is 827 g/mol. The van der Waals surface area contributed by atoms with Crippen LogP contribution in [0.5, 0.6) is 0 Å². The van der Waals surface area contributed by atoms with Crippen LogP contribution in [0, 0.1) is 11.8 Å². The molecule has 1 saturated carbocycles. The van der Waals surface area contributed by atoms with Gasteiger partial charge in [0.05, 0.1) is 25.7 Å². The quantitative estimate of drug-likeness (QED) is 0.0351. The van der Waals surface area contributed by atoms with Gasteiger partial charge >= 0.3 is 29.8 Å². The van der Waals surface area contributed by atoms with Crippen molar-refractivity contribution in [3.63, 3.8) is 0 Å². The van der Waals surface area contributed by atoms with Crippen LogP contribution in [-0.2, 0) is 47.7 Å². The van der Waals surface area contributed by atoms with Crippen LogP contribution < -0.4 is 0 Å². The summed E-state index contributed by atoms with van der Waals surface area (Å²) >= 11 is 0. The number of aliphatic hydroxyl groups excluding tert-OH is 1. The monoisotopic (exact) mass is 924 g/mol. The van der Waals surface area contributed by atoms with E-state index in [4.69, 9.17) is 23.7 Å². The van der Waals surface area contributed by atoms with Gasteiger partial charge in [0, 0.05) is 50.6 Å². The highest BCUT2D eigenvalue weighted by molar-refractivity contribution is 5.71. The van der Waals surface area contributed by atoms with Crippen LogP contribution in [-0.4, -0.2) is 98.6 Å². The molecule has 12 heteroatoms. The molecule has 1 aliphatic carbocycles. The highest BCUT2D eigenvalue weighted by Gasteiger charge is 2.24. The summed E-state index contributed by atoms with van der Waals surface area (Å²) in [4.78, 5) is 65.8. The van der Waals surface area contributed by atoms with Crippen molar-refractivity contribution in [2.45, 2.75) is 245 Å². The minimum atomic E-state index is -0.497. The lowest BCUT2D eigenvalue weighted by molar-refractivity contribution is -0.155. The van der Waals surface area contributed by atoms with Crippen molar-refractivity contribution in [2.24, 2.45) is 11.8 Å². The van der Waals surface area contributed by atoms with Crippen molar-refractivity contribution in [3.8, 4) is 0 Å². The number of unbranched alkanes of at least 4 members (excludes halogenated alkanes) is 20. The number of ether oxygens (including phenoxy) is 5. The third-order valence-corrected chi connectivity index (χ3v) is 12.7. The van der Waals surface area contributed by atoms with Gasteiger partial charge in [-0.3, -0.25) is 28.9 Å². The van der Waals surface area contributed by atoms with Crippen molar-refractivity contribution in [2.75, 3.05) is 52.7 Å². The standard InChI is InChI=1S/C53H97NO11/c1-4-7-10-13-14-15-16-20-25-35-51(58)63-43-47(44-64-52(59)36-26-21-17-22-27-38-54(39-40-55)48-31-29-32-48)45-65-53(60)37-28-30-46(41-61-49(56)33-23-18-11-8-5-2)42-62-50(57)34-24-19-12-9-6-3/h46-48,55H,4-45H2,1-3H3. The summed E-state index contributed by atoms with van der Waals surface area (Å²) in [6.07, 6.45) is 31.7. The molecule has 1 atom stereocenters. The predicted octanol–water partition coefficient (Wildman–Crippen LogP) is 11.9. The van der Waals surface area contributed by atoms with E-state index in [1.807, 2.05) is 0 Å². The molecule has 1 aliphatic rings. The van der Waals surface area contributed by atoms with E-state index in [1.165, 1.54) is 57.8 Å². The van der Waals surface area contributed by atoms with Gasteiger partial charge in [-0.25, -0.2) is 0 Å². The molecule has 65 heavy (non-hydrogen) atoms. The van der Waals surface area contributed by atoms with Gasteiger partial charge in [-0.1, -0.05) is 149 Å². The van der Waals surface area contributed by atoms with Crippen LogP contribution in [0.25, 0.3) is 0 Å². The summed E-state index contributed by atoms with van der Waals surface area (Å²) in [6.45, 7) is 8.63. The summed E-state index contributed by atoms with van der Waals surface area (Å²) in [7, 11) is 0. The van der Waals surface area contributed by atoms with Crippen molar-refractivity contribution in [1.82, 2.24) is 4.90 Å². The van der Waals surface area contributed by atoms with E-state index in [0.717, 1.165) is 129 Å². The first-order valence-corrected chi connectivity index (χ1v) is 26.8. The molecule has 380 valence electrons. The van der Waals surface area contributed by atoms with E-state index in [1.54, 1.807) is 0 Å². The van der Waals surface area contributed by atoms with Crippen molar-refractivity contribution in [3.05, 3.63) is 0 Å². The maximum absolute atomic E-state index is 13.0.